The minimum Gasteiger partial charge on any atom is -0.462 e. The Hall–Kier alpha value is -2.37. The van der Waals surface area contributed by atoms with Gasteiger partial charge in [0.1, 0.15) is 17.6 Å². The highest BCUT2D eigenvalue weighted by atomic mass is 16.5. The summed E-state index contributed by atoms with van der Waals surface area (Å²) in [6.45, 7) is 8.53. The van der Waals surface area contributed by atoms with Gasteiger partial charge in [0.05, 0.1) is 0 Å². The Morgan fingerprint density at radius 1 is 0.935 bits per heavy atom. The van der Waals surface area contributed by atoms with Gasteiger partial charge in [-0.2, -0.15) is 0 Å². The van der Waals surface area contributed by atoms with Gasteiger partial charge in [0, 0.05) is 37.8 Å². The van der Waals surface area contributed by atoms with Crippen LogP contribution < -0.4 is 9.47 Å². The Morgan fingerprint density at radius 2 is 1.61 bits per heavy atom. The first-order chi connectivity index (χ1) is 14.6. The third-order valence-electron chi connectivity index (χ3n) is 7.94. The average molecular weight is 429 g/mol. The van der Waals surface area contributed by atoms with Crippen molar-refractivity contribution in [3.05, 3.63) is 22.8 Å². The second-order valence-corrected chi connectivity index (χ2v) is 9.71. The summed E-state index contributed by atoms with van der Waals surface area (Å²) < 4.78 is 16.8. The van der Waals surface area contributed by atoms with E-state index in [0.717, 1.165) is 55.2 Å². The van der Waals surface area contributed by atoms with Crippen LogP contribution in [0.5, 0.6) is 11.5 Å². The van der Waals surface area contributed by atoms with E-state index in [1.54, 1.807) is 6.07 Å². The van der Waals surface area contributed by atoms with E-state index in [1.165, 1.54) is 20.8 Å². The number of carbonyl (C=O) groups is 3. The van der Waals surface area contributed by atoms with Crippen molar-refractivity contribution in [1.29, 1.82) is 0 Å². The molecule has 2 fully saturated rings. The van der Waals surface area contributed by atoms with Gasteiger partial charge in [-0.3, -0.25) is 14.4 Å². The fourth-order valence-electron chi connectivity index (χ4n) is 6.74. The summed E-state index contributed by atoms with van der Waals surface area (Å²) in [5.74, 6) is 1.25. The molecule has 0 spiro atoms. The summed E-state index contributed by atoms with van der Waals surface area (Å²) in [5, 5.41) is 0. The lowest BCUT2D eigenvalue weighted by molar-refractivity contribution is -0.154. The van der Waals surface area contributed by atoms with E-state index in [9.17, 15) is 14.4 Å². The first-order valence-corrected chi connectivity index (χ1v) is 11.3. The largest absolute Gasteiger partial charge is 0.462 e. The van der Waals surface area contributed by atoms with E-state index in [1.807, 2.05) is 6.92 Å². The molecule has 0 amide bonds. The lowest BCUT2D eigenvalue weighted by atomic mass is 9.55. The van der Waals surface area contributed by atoms with E-state index < -0.39 is 0 Å². The lowest BCUT2D eigenvalue weighted by Gasteiger charge is -2.50. The predicted octanol–water partition coefficient (Wildman–Crippen LogP) is 4.63. The van der Waals surface area contributed by atoms with Gasteiger partial charge in [0.25, 0.3) is 0 Å². The van der Waals surface area contributed by atoms with Gasteiger partial charge in [0.2, 0.25) is 0 Å². The molecule has 0 aromatic heterocycles. The van der Waals surface area contributed by atoms with Gasteiger partial charge >= 0.3 is 17.9 Å². The summed E-state index contributed by atoms with van der Waals surface area (Å²) in [7, 11) is 0. The second-order valence-electron chi connectivity index (χ2n) is 9.71. The predicted molar refractivity (Wildman–Crippen MR) is 114 cm³/mol. The van der Waals surface area contributed by atoms with Crippen LogP contribution in [-0.2, 0) is 25.5 Å². The molecule has 0 heterocycles. The molecule has 31 heavy (non-hydrogen) atoms. The van der Waals surface area contributed by atoms with Crippen LogP contribution in [0, 0.1) is 24.2 Å². The molecular formula is C25H32O6. The molecule has 0 aliphatic heterocycles. The molecule has 6 heteroatoms. The second kappa shape index (κ2) is 7.95. The van der Waals surface area contributed by atoms with E-state index in [2.05, 4.69) is 6.92 Å². The summed E-state index contributed by atoms with van der Waals surface area (Å²) in [5.41, 5.74) is 3.21. The molecule has 168 valence electrons. The maximum absolute atomic E-state index is 11.9. The van der Waals surface area contributed by atoms with E-state index >= 15 is 0 Å². The standard InChI is InChI=1S/C25H32O6/c1-13-17-6-7-18-19(10-11-25(5)20(18)8-9-23(25)31-16(4)28)24(17)22(30-15(3)27)12-21(13)29-14(2)26/h12,18-20,23H,6-11H2,1-5H3/t18-,19+,20-,23+,25-/m1/s1. The summed E-state index contributed by atoms with van der Waals surface area (Å²) in [6.07, 6.45) is 5.78. The Morgan fingerprint density at radius 3 is 2.26 bits per heavy atom. The molecule has 1 aromatic carbocycles. The molecular weight excluding hydrogens is 396 g/mol. The summed E-state index contributed by atoms with van der Waals surface area (Å²) >= 11 is 0. The van der Waals surface area contributed by atoms with E-state index in [4.69, 9.17) is 14.2 Å². The van der Waals surface area contributed by atoms with E-state index in [-0.39, 0.29) is 35.3 Å². The van der Waals surface area contributed by atoms with Gasteiger partial charge in [-0.25, -0.2) is 0 Å². The normalized spacial score (nSPS) is 31.1. The maximum atomic E-state index is 11.9. The zero-order chi connectivity index (χ0) is 22.5. The van der Waals surface area contributed by atoms with Crippen LogP contribution in [0.2, 0.25) is 0 Å². The number of hydrogen-bond acceptors (Lipinski definition) is 6. The topological polar surface area (TPSA) is 78.9 Å². The molecule has 6 nitrogen and oxygen atoms in total. The van der Waals surface area contributed by atoms with Crippen LogP contribution in [0.1, 0.15) is 82.4 Å². The molecule has 3 aliphatic carbocycles. The number of fused-ring (bicyclic) bond motifs is 5. The van der Waals surface area contributed by atoms with E-state index in [0.29, 0.717) is 23.3 Å². The minimum absolute atomic E-state index is 0.00133. The van der Waals surface area contributed by atoms with Gasteiger partial charge in [-0.1, -0.05) is 6.92 Å². The van der Waals surface area contributed by atoms with Crippen molar-refractivity contribution in [1.82, 2.24) is 0 Å². The Balaban J connectivity index is 1.73. The Kier molecular flexibility index (Phi) is 5.61. The molecule has 3 aliphatic rings. The monoisotopic (exact) mass is 428 g/mol. The number of hydrogen-bond donors (Lipinski definition) is 0. The maximum Gasteiger partial charge on any atom is 0.308 e. The van der Waals surface area contributed by atoms with Crippen LogP contribution in [-0.4, -0.2) is 24.0 Å². The average Bonchev–Trinajstić information content (AvgIpc) is 3.00. The first-order valence-electron chi connectivity index (χ1n) is 11.3. The van der Waals surface area contributed by atoms with Gasteiger partial charge < -0.3 is 14.2 Å². The number of carbonyl (C=O) groups excluding carboxylic acids is 3. The summed E-state index contributed by atoms with van der Waals surface area (Å²) in [6, 6.07) is 1.71. The SMILES string of the molecule is CC(=O)Oc1cc(OC(C)=O)c2c(c1C)CC[C@@H]1[C@@H]2CC[C@@]2(C)[C@@H](OC(C)=O)CC[C@H]12. The zero-order valence-electron chi connectivity index (χ0n) is 19.1. The fourth-order valence-corrected chi connectivity index (χ4v) is 6.74. The summed E-state index contributed by atoms with van der Waals surface area (Å²) in [4.78, 5) is 35.1. The van der Waals surface area contributed by atoms with Crippen LogP contribution in [0.25, 0.3) is 0 Å². The third-order valence-corrected chi connectivity index (χ3v) is 7.94. The minimum atomic E-state index is -0.388. The highest BCUT2D eigenvalue weighted by Gasteiger charge is 2.56. The molecule has 4 rings (SSSR count). The molecule has 2 saturated carbocycles. The molecule has 0 radical (unpaired) electrons. The molecule has 1 aromatic rings. The molecule has 0 bridgehead atoms. The van der Waals surface area contributed by atoms with Crippen molar-refractivity contribution < 1.29 is 28.6 Å². The van der Waals surface area contributed by atoms with Gasteiger partial charge in [-0.05, 0) is 74.3 Å². The van der Waals surface area contributed by atoms with Crippen molar-refractivity contribution in [3.8, 4) is 11.5 Å². The number of rotatable bonds is 3. The third kappa shape index (κ3) is 3.74. The smallest absolute Gasteiger partial charge is 0.308 e. The Bertz CT molecular complexity index is 934. The van der Waals surface area contributed by atoms with Crippen molar-refractivity contribution in [3.63, 3.8) is 0 Å². The lowest BCUT2D eigenvalue weighted by Crippen LogP contribution is -2.45. The number of esters is 3. The van der Waals surface area contributed by atoms with Crippen molar-refractivity contribution in [2.75, 3.05) is 0 Å². The highest BCUT2D eigenvalue weighted by molar-refractivity contribution is 5.73. The molecule has 0 saturated heterocycles. The van der Waals surface area contributed by atoms with Gasteiger partial charge in [-0.15, -0.1) is 0 Å². The van der Waals surface area contributed by atoms with Crippen LogP contribution in [0.4, 0.5) is 0 Å². The van der Waals surface area contributed by atoms with Crippen LogP contribution in [0.15, 0.2) is 6.07 Å². The molecule has 5 atom stereocenters. The van der Waals surface area contributed by atoms with Gasteiger partial charge in [0.15, 0.2) is 0 Å². The van der Waals surface area contributed by atoms with Crippen LogP contribution in [0.3, 0.4) is 0 Å². The molecule has 0 unspecified atom stereocenters. The van der Waals surface area contributed by atoms with Crippen molar-refractivity contribution in [2.45, 2.75) is 85.2 Å². The highest BCUT2D eigenvalue weighted by Crippen LogP contribution is 2.63. The van der Waals surface area contributed by atoms with Crippen LogP contribution >= 0.6 is 0 Å². The Labute approximate surface area is 183 Å². The van der Waals surface area contributed by atoms with Crippen molar-refractivity contribution in [2.24, 2.45) is 17.3 Å². The number of benzene rings is 1. The fraction of sp³-hybridized carbons (Fsp3) is 0.640. The zero-order valence-corrected chi connectivity index (χ0v) is 19.1. The first kappa shape index (κ1) is 21.8. The van der Waals surface area contributed by atoms with Crippen molar-refractivity contribution >= 4 is 17.9 Å². The number of ether oxygens (including phenoxy) is 3. The quantitative estimate of drug-likeness (QED) is 0.516. The molecule has 0 N–H and O–H groups in total.